The van der Waals surface area contributed by atoms with E-state index < -0.39 is 6.29 Å². The minimum atomic E-state index is -1.22. The molecule has 0 fully saturated rings. The number of hydrogen-bond donors (Lipinski definition) is 3. The molecule has 3 heteroatoms. The van der Waals surface area contributed by atoms with Crippen molar-refractivity contribution in [2.45, 2.75) is 103 Å². The van der Waals surface area contributed by atoms with Crippen molar-refractivity contribution >= 4 is 0 Å². The summed E-state index contributed by atoms with van der Waals surface area (Å²) in [6.07, 6.45) is 22.0. The molecular weight excluding hydrogens is 286 g/mol. The maximum Gasteiger partial charge on any atom is 0.164 e. The molecular formula is C20H41NO2. The van der Waals surface area contributed by atoms with Crippen molar-refractivity contribution in [2.75, 3.05) is 13.1 Å². The summed E-state index contributed by atoms with van der Waals surface area (Å²) in [4.78, 5) is 0. The van der Waals surface area contributed by atoms with Crippen molar-refractivity contribution in [3.05, 3.63) is 12.2 Å². The minimum Gasteiger partial charge on any atom is -0.367 e. The molecule has 0 aromatic carbocycles. The van der Waals surface area contributed by atoms with E-state index in [0.29, 0.717) is 0 Å². The molecule has 0 aromatic heterocycles. The Hall–Kier alpha value is -0.380. The summed E-state index contributed by atoms with van der Waals surface area (Å²) in [5.74, 6) is 0. The van der Waals surface area contributed by atoms with E-state index in [4.69, 9.17) is 10.2 Å². The maximum atomic E-state index is 8.67. The molecule has 0 heterocycles. The molecule has 0 rings (SSSR count). The second-order valence-electron chi connectivity index (χ2n) is 6.62. The van der Waals surface area contributed by atoms with Crippen molar-refractivity contribution in [1.82, 2.24) is 5.32 Å². The van der Waals surface area contributed by atoms with Crippen LogP contribution in [0.25, 0.3) is 0 Å². The highest BCUT2D eigenvalue weighted by atomic mass is 16.5. The Bertz CT molecular complexity index is 242. The van der Waals surface area contributed by atoms with Gasteiger partial charge in [-0.15, -0.1) is 0 Å². The molecule has 0 atom stereocenters. The van der Waals surface area contributed by atoms with Crippen LogP contribution >= 0.6 is 0 Å². The van der Waals surface area contributed by atoms with E-state index >= 15 is 0 Å². The lowest BCUT2D eigenvalue weighted by molar-refractivity contribution is -0.0370. The summed E-state index contributed by atoms with van der Waals surface area (Å²) < 4.78 is 0. The van der Waals surface area contributed by atoms with Crippen LogP contribution in [0.5, 0.6) is 0 Å². The van der Waals surface area contributed by atoms with Crippen molar-refractivity contribution in [1.29, 1.82) is 0 Å². The van der Waals surface area contributed by atoms with Crippen molar-refractivity contribution in [2.24, 2.45) is 0 Å². The molecule has 0 aliphatic carbocycles. The van der Waals surface area contributed by atoms with Gasteiger partial charge in [-0.2, -0.15) is 0 Å². The number of hydrogen-bond acceptors (Lipinski definition) is 3. The van der Waals surface area contributed by atoms with Crippen LogP contribution < -0.4 is 5.32 Å². The Balaban J connectivity index is 3.05. The van der Waals surface area contributed by atoms with Crippen LogP contribution in [0.3, 0.4) is 0 Å². The second kappa shape index (κ2) is 19.7. The largest absolute Gasteiger partial charge is 0.367 e. The molecule has 0 amide bonds. The first-order valence-electron chi connectivity index (χ1n) is 9.99. The first-order chi connectivity index (χ1) is 11.3. The van der Waals surface area contributed by atoms with Gasteiger partial charge in [-0.1, -0.05) is 76.9 Å². The predicted octanol–water partition coefficient (Wildman–Crippen LogP) is 4.92. The molecule has 0 aliphatic rings. The number of rotatable bonds is 18. The average Bonchev–Trinajstić information content (AvgIpc) is 2.53. The van der Waals surface area contributed by atoms with Crippen LogP contribution in [0, 0.1) is 0 Å². The Kier molecular flexibility index (Phi) is 19.3. The van der Waals surface area contributed by atoms with Crippen LogP contribution in [-0.4, -0.2) is 29.6 Å². The molecule has 138 valence electrons. The van der Waals surface area contributed by atoms with Gasteiger partial charge in [-0.25, -0.2) is 0 Å². The number of nitrogens with one attached hydrogen (secondary N) is 1. The van der Waals surface area contributed by atoms with Crippen LogP contribution in [-0.2, 0) is 0 Å². The highest BCUT2D eigenvalue weighted by molar-refractivity contribution is 4.81. The topological polar surface area (TPSA) is 52.5 Å². The van der Waals surface area contributed by atoms with Crippen LogP contribution in [0.2, 0.25) is 0 Å². The van der Waals surface area contributed by atoms with Gasteiger partial charge < -0.3 is 15.5 Å². The monoisotopic (exact) mass is 327 g/mol. The van der Waals surface area contributed by atoms with E-state index in [2.05, 4.69) is 24.4 Å². The number of unbranched alkanes of at least 4 members (excludes halogenated alkanes) is 12. The Morgan fingerprint density at radius 3 is 1.70 bits per heavy atom. The van der Waals surface area contributed by atoms with Gasteiger partial charge in [0.15, 0.2) is 6.29 Å². The van der Waals surface area contributed by atoms with E-state index in [0.717, 1.165) is 13.0 Å². The zero-order valence-corrected chi connectivity index (χ0v) is 15.4. The summed E-state index contributed by atoms with van der Waals surface area (Å²) >= 11 is 0. The van der Waals surface area contributed by atoms with Gasteiger partial charge in [0, 0.05) is 6.54 Å². The smallest absolute Gasteiger partial charge is 0.164 e. The second-order valence-corrected chi connectivity index (χ2v) is 6.62. The fraction of sp³-hybridized carbons (Fsp3) is 0.900. The van der Waals surface area contributed by atoms with Gasteiger partial charge in [0.25, 0.3) is 0 Å². The summed E-state index contributed by atoms with van der Waals surface area (Å²) in [7, 11) is 0. The SMILES string of the molecule is CCCCCCCCC=CCCCCCCCCNCC(O)O. The third-order valence-electron chi connectivity index (χ3n) is 4.19. The molecule has 0 unspecified atom stereocenters. The zero-order valence-electron chi connectivity index (χ0n) is 15.4. The Morgan fingerprint density at radius 2 is 1.17 bits per heavy atom. The number of aliphatic hydroxyl groups is 2. The van der Waals surface area contributed by atoms with Crippen LogP contribution in [0.15, 0.2) is 12.2 Å². The van der Waals surface area contributed by atoms with Crippen molar-refractivity contribution < 1.29 is 10.2 Å². The van der Waals surface area contributed by atoms with Gasteiger partial charge >= 0.3 is 0 Å². The molecule has 0 saturated carbocycles. The van der Waals surface area contributed by atoms with Crippen LogP contribution in [0.1, 0.15) is 96.8 Å². The van der Waals surface area contributed by atoms with Gasteiger partial charge in [-0.3, -0.25) is 0 Å². The molecule has 0 aromatic rings. The summed E-state index contributed by atoms with van der Waals surface area (Å²) in [6.45, 7) is 3.44. The number of allylic oxidation sites excluding steroid dienone is 2. The third-order valence-corrected chi connectivity index (χ3v) is 4.19. The van der Waals surface area contributed by atoms with E-state index in [9.17, 15) is 0 Å². The summed E-state index contributed by atoms with van der Waals surface area (Å²) in [5.41, 5.74) is 0. The van der Waals surface area contributed by atoms with Crippen molar-refractivity contribution in [3.63, 3.8) is 0 Å². The molecule has 0 aliphatic heterocycles. The van der Waals surface area contributed by atoms with Gasteiger partial charge in [0.1, 0.15) is 0 Å². The van der Waals surface area contributed by atoms with Gasteiger partial charge in [0.2, 0.25) is 0 Å². The Morgan fingerprint density at radius 1 is 0.696 bits per heavy atom. The molecule has 3 nitrogen and oxygen atoms in total. The van der Waals surface area contributed by atoms with E-state index in [-0.39, 0.29) is 6.54 Å². The normalized spacial score (nSPS) is 11.8. The maximum absolute atomic E-state index is 8.67. The molecule has 0 bridgehead atoms. The highest BCUT2D eigenvalue weighted by Gasteiger charge is 1.95. The average molecular weight is 328 g/mol. The lowest BCUT2D eigenvalue weighted by Gasteiger charge is -2.05. The highest BCUT2D eigenvalue weighted by Crippen LogP contribution is 2.09. The fourth-order valence-electron chi connectivity index (χ4n) is 2.73. The Labute approximate surface area is 144 Å². The molecule has 0 radical (unpaired) electrons. The molecule has 3 N–H and O–H groups in total. The predicted molar refractivity (Wildman–Crippen MR) is 101 cm³/mol. The van der Waals surface area contributed by atoms with Gasteiger partial charge in [-0.05, 0) is 38.6 Å². The molecule has 0 saturated heterocycles. The van der Waals surface area contributed by atoms with Gasteiger partial charge in [0.05, 0.1) is 0 Å². The first-order valence-corrected chi connectivity index (χ1v) is 9.99. The lowest BCUT2D eigenvalue weighted by atomic mass is 10.1. The first kappa shape index (κ1) is 22.6. The summed E-state index contributed by atoms with van der Waals surface area (Å²) in [5, 5.41) is 20.4. The van der Waals surface area contributed by atoms with E-state index in [1.165, 1.54) is 83.5 Å². The fourth-order valence-corrected chi connectivity index (χ4v) is 2.73. The minimum absolute atomic E-state index is 0.283. The van der Waals surface area contributed by atoms with Crippen molar-refractivity contribution in [3.8, 4) is 0 Å². The third kappa shape index (κ3) is 21.6. The summed E-state index contributed by atoms with van der Waals surface area (Å²) in [6, 6.07) is 0. The molecule has 0 spiro atoms. The van der Waals surface area contributed by atoms with Crippen LogP contribution in [0.4, 0.5) is 0 Å². The van der Waals surface area contributed by atoms with E-state index in [1.54, 1.807) is 0 Å². The lowest BCUT2D eigenvalue weighted by Crippen LogP contribution is -2.26. The standard InChI is InChI=1S/C20H41NO2/c1-2-3-4-5-6-7-8-9-10-11-12-13-14-15-16-17-18-21-19-20(22)23/h9-10,20-23H,2-8,11-19H2,1H3. The van der Waals surface area contributed by atoms with E-state index in [1.807, 2.05) is 0 Å². The number of aliphatic hydroxyl groups excluding tert-OH is 1. The quantitative estimate of drug-likeness (QED) is 0.190. The zero-order chi connectivity index (χ0) is 17.0. The molecule has 23 heavy (non-hydrogen) atoms.